The minimum atomic E-state index is -0.546. The number of aryl methyl sites for hydroxylation is 1. The molecule has 0 spiro atoms. The van der Waals surface area contributed by atoms with Crippen molar-refractivity contribution in [2.75, 3.05) is 19.6 Å². The van der Waals surface area contributed by atoms with E-state index < -0.39 is 5.60 Å². The molecule has 0 saturated carbocycles. The maximum atomic E-state index is 12.4. The van der Waals surface area contributed by atoms with Gasteiger partial charge in [0, 0.05) is 25.3 Å². The van der Waals surface area contributed by atoms with Crippen molar-refractivity contribution in [3.8, 4) is 5.69 Å². The fraction of sp³-hybridized carbons (Fsp3) is 0.450. The lowest BCUT2D eigenvalue weighted by Crippen LogP contribution is -2.41. The molecule has 1 aromatic carbocycles. The number of carbonyl (C=O) groups excluding carboxylic acids is 2. The average Bonchev–Trinajstić information content (AvgIpc) is 2.99. The molecule has 146 valence electrons. The zero-order chi connectivity index (χ0) is 20.0. The SMILES string of the molecule is CCN(CCNC(=O)c1cc(C)n(-c2ccccc2)n1)C(=O)OC(C)(C)C. The van der Waals surface area contributed by atoms with Crippen LogP contribution in [0.1, 0.15) is 43.9 Å². The number of nitrogens with one attached hydrogen (secondary N) is 1. The molecule has 0 fully saturated rings. The first kappa shape index (κ1) is 20.5. The van der Waals surface area contributed by atoms with Gasteiger partial charge in [0.1, 0.15) is 5.60 Å². The summed E-state index contributed by atoms with van der Waals surface area (Å²) >= 11 is 0. The third-order valence-corrected chi connectivity index (χ3v) is 3.82. The molecule has 1 aromatic heterocycles. The predicted octanol–water partition coefficient (Wildman–Crippen LogP) is 3.17. The van der Waals surface area contributed by atoms with E-state index in [2.05, 4.69) is 10.4 Å². The maximum absolute atomic E-state index is 12.4. The summed E-state index contributed by atoms with van der Waals surface area (Å²) < 4.78 is 7.09. The van der Waals surface area contributed by atoms with Gasteiger partial charge in [-0.25, -0.2) is 9.48 Å². The smallest absolute Gasteiger partial charge is 0.410 e. The van der Waals surface area contributed by atoms with Gasteiger partial charge >= 0.3 is 6.09 Å². The Bertz CT molecular complexity index is 778. The molecule has 7 heteroatoms. The van der Waals surface area contributed by atoms with Crippen LogP contribution in [0, 0.1) is 6.92 Å². The molecule has 0 aliphatic rings. The van der Waals surface area contributed by atoms with Crippen LogP contribution in [0.3, 0.4) is 0 Å². The van der Waals surface area contributed by atoms with Gasteiger partial charge < -0.3 is 15.0 Å². The van der Waals surface area contributed by atoms with Gasteiger partial charge in [0.25, 0.3) is 5.91 Å². The first-order chi connectivity index (χ1) is 12.7. The number of nitrogens with zero attached hydrogens (tertiary/aromatic N) is 3. The summed E-state index contributed by atoms with van der Waals surface area (Å²) in [4.78, 5) is 26.1. The molecule has 0 bridgehead atoms. The van der Waals surface area contributed by atoms with Crippen LogP contribution in [-0.4, -0.2) is 51.9 Å². The van der Waals surface area contributed by atoms with Crippen molar-refractivity contribution in [1.29, 1.82) is 0 Å². The quantitative estimate of drug-likeness (QED) is 0.845. The molecule has 2 amide bonds. The molecular weight excluding hydrogens is 344 g/mol. The summed E-state index contributed by atoms with van der Waals surface area (Å²) in [6.45, 7) is 10.4. The molecule has 1 heterocycles. The predicted molar refractivity (Wildman–Crippen MR) is 104 cm³/mol. The third-order valence-electron chi connectivity index (χ3n) is 3.82. The van der Waals surface area contributed by atoms with Crippen molar-refractivity contribution < 1.29 is 14.3 Å². The second kappa shape index (κ2) is 8.70. The lowest BCUT2D eigenvalue weighted by Gasteiger charge is -2.26. The Morgan fingerprint density at radius 2 is 1.89 bits per heavy atom. The summed E-state index contributed by atoms with van der Waals surface area (Å²) in [5, 5.41) is 7.19. The highest BCUT2D eigenvalue weighted by atomic mass is 16.6. The largest absolute Gasteiger partial charge is 0.444 e. The number of carbonyl (C=O) groups is 2. The maximum Gasteiger partial charge on any atom is 0.410 e. The number of hydrogen-bond donors (Lipinski definition) is 1. The number of aromatic nitrogens is 2. The molecule has 0 unspecified atom stereocenters. The van der Waals surface area contributed by atoms with E-state index in [9.17, 15) is 9.59 Å². The molecule has 0 aliphatic carbocycles. The van der Waals surface area contributed by atoms with Crippen molar-refractivity contribution in [3.05, 3.63) is 47.8 Å². The minimum absolute atomic E-state index is 0.270. The average molecular weight is 372 g/mol. The molecule has 2 rings (SSSR count). The molecule has 0 saturated heterocycles. The van der Waals surface area contributed by atoms with Gasteiger partial charge in [0.2, 0.25) is 0 Å². The topological polar surface area (TPSA) is 76.5 Å². The van der Waals surface area contributed by atoms with Crippen LogP contribution in [0.15, 0.2) is 36.4 Å². The Hall–Kier alpha value is -2.83. The number of amides is 2. The first-order valence-electron chi connectivity index (χ1n) is 9.09. The summed E-state index contributed by atoms with van der Waals surface area (Å²) in [7, 11) is 0. The molecule has 0 aliphatic heterocycles. The zero-order valence-corrected chi connectivity index (χ0v) is 16.7. The van der Waals surface area contributed by atoms with Gasteiger partial charge in [0.05, 0.1) is 5.69 Å². The second-order valence-electron chi connectivity index (χ2n) is 7.23. The standard InChI is InChI=1S/C20H28N4O3/c1-6-23(19(26)27-20(3,4)5)13-12-21-18(25)17-14-15(2)24(22-17)16-10-8-7-9-11-16/h7-11,14H,6,12-13H2,1-5H3,(H,21,25). The monoisotopic (exact) mass is 372 g/mol. The lowest BCUT2D eigenvalue weighted by atomic mass is 10.2. The van der Waals surface area contributed by atoms with E-state index in [-0.39, 0.29) is 12.0 Å². The Balaban J connectivity index is 1.93. The number of hydrogen-bond acceptors (Lipinski definition) is 4. The number of likely N-dealkylation sites (N-methyl/N-ethyl adjacent to an activating group) is 1. The van der Waals surface area contributed by atoms with Gasteiger partial charge in [-0.15, -0.1) is 0 Å². The van der Waals surface area contributed by atoms with Crippen LogP contribution in [0.2, 0.25) is 0 Å². The highest BCUT2D eigenvalue weighted by Gasteiger charge is 2.21. The van der Waals surface area contributed by atoms with Crippen LogP contribution in [0.5, 0.6) is 0 Å². The Labute approximate surface area is 160 Å². The van der Waals surface area contributed by atoms with Crippen molar-refractivity contribution in [2.45, 2.75) is 40.2 Å². The van der Waals surface area contributed by atoms with E-state index in [1.165, 1.54) is 0 Å². The molecule has 7 nitrogen and oxygen atoms in total. The second-order valence-corrected chi connectivity index (χ2v) is 7.23. The van der Waals surface area contributed by atoms with E-state index in [0.717, 1.165) is 11.4 Å². The van der Waals surface area contributed by atoms with E-state index in [1.807, 2.05) is 65.0 Å². The fourth-order valence-electron chi connectivity index (χ4n) is 2.52. The Morgan fingerprint density at radius 1 is 1.22 bits per heavy atom. The zero-order valence-electron chi connectivity index (χ0n) is 16.7. The van der Waals surface area contributed by atoms with Crippen molar-refractivity contribution >= 4 is 12.0 Å². The van der Waals surface area contributed by atoms with Gasteiger partial charge in [-0.1, -0.05) is 18.2 Å². The van der Waals surface area contributed by atoms with E-state index >= 15 is 0 Å². The molecule has 0 radical (unpaired) electrons. The summed E-state index contributed by atoms with van der Waals surface area (Å²) in [6.07, 6.45) is -0.386. The van der Waals surface area contributed by atoms with Crippen molar-refractivity contribution in [3.63, 3.8) is 0 Å². The molecule has 1 N–H and O–H groups in total. The highest BCUT2D eigenvalue weighted by molar-refractivity contribution is 5.92. The highest BCUT2D eigenvalue weighted by Crippen LogP contribution is 2.12. The molecule has 27 heavy (non-hydrogen) atoms. The van der Waals surface area contributed by atoms with Crippen LogP contribution in [-0.2, 0) is 4.74 Å². The Morgan fingerprint density at radius 3 is 2.48 bits per heavy atom. The van der Waals surface area contributed by atoms with Gasteiger partial charge in [-0.2, -0.15) is 5.10 Å². The Kier molecular flexibility index (Phi) is 6.60. The third kappa shape index (κ3) is 5.84. The fourth-order valence-corrected chi connectivity index (χ4v) is 2.52. The molecule has 0 atom stereocenters. The number of benzene rings is 1. The summed E-state index contributed by atoms with van der Waals surface area (Å²) in [6, 6.07) is 11.4. The van der Waals surface area contributed by atoms with Crippen molar-refractivity contribution in [1.82, 2.24) is 20.0 Å². The van der Waals surface area contributed by atoms with Gasteiger partial charge in [0.15, 0.2) is 5.69 Å². The molecule has 2 aromatic rings. The van der Waals surface area contributed by atoms with E-state index in [0.29, 0.717) is 25.3 Å². The first-order valence-corrected chi connectivity index (χ1v) is 9.09. The lowest BCUT2D eigenvalue weighted by molar-refractivity contribution is 0.0260. The summed E-state index contributed by atoms with van der Waals surface area (Å²) in [5.41, 5.74) is 1.57. The van der Waals surface area contributed by atoms with E-state index in [1.54, 1.807) is 15.6 Å². The number of rotatable bonds is 6. The van der Waals surface area contributed by atoms with Crippen molar-refractivity contribution in [2.24, 2.45) is 0 Å². The molecular formula is C20H28N4O3. The van der Waals surface area contributed by atoms with Crippen LogP contribution >= 0.6 is 0 Å². The van der Waals surface area contributed by atoms with Crippen LogP contribution < -0.4 is 5.32 Å². The van der Waals surface area contributed by atoms with Crippen LogP contribution in [0.4, 0.5) is 4.79 Å². The minimum Gasteiger partial charge on any atom is -0.444 e. The van der Waals surface area contributed by atoms with Gasteiger partial charge in [-0.3, -0.25) is 4.79 Å². The van der Waals surface area contributed by atoms with Crippen LogP contribution in [0.25, 0.3) is 5.69 Å². The summed E-state index contributed by atoms with van der Waals surface area (Å²) in [5.74, 6) is -0.270. The number of ether oxygens (including phenoxy) is 1. The normalized spacial score (nSPS) is 11.1. The number of para-hydroxylation sites is 1. The van der Waals surface area contributed by atoms with Gasteiger partial charge in [-0.05, 0) is 52.8 Å². The van der Waals surface area contributed by atoms with E-state index in [4.69, 9.17) is 4.74 Å².